The van der Waals surface area contributed by atoms with Gasteiger partial charge in [0.2, 0.25) is 0 Å². The fourth-order valence-corrected chi connectivity index (χ4v) is 9.53. The summed E-state index contributed by atoms with van der Waals surface area (Å²) in [5.41, 5.74) is 10.9. The second-order valence-corrected chi connectivity index (χ2v) is 22.8. The summed E-state index contributed by atoms with van der Waals surface area (Å²) >= 11 is 0. The molecule has 5 aromatic carbocycles. The molecule has 9 rings (SSSR count). The third kappa shape index (κ3) is 20.8. The number of imidazole rings is 1. The summed E-state index contributed by atoms with van der Waals surface area (Å²) in [6.45, 7) is 11.8. The van der Waals surface area contributed by atoms with Crippen molar-refractivity contribution in [1.29, 1.82) is 0 Å². The molecule has 1 amide bonds. The molecule has 1 saturated heterocycles. The predicted octanol–water partition coefficient (Wildman–Crippen LogP) is 10.9. The summed E-state index contributed by atoms with van der Waals surface area (Å²) in [4.78, 5) is 62.6. The highest BCUT2D eigenvalue weighted by molar-refractivity contribution is 6.61. The van der Waals surface area contributed by atoms with Gasteiger partial charge < -0.3 is 44.6 Å². The van der Waals surface area contributed by atoms with E-state index >= 15 is 0 Å². The highest BCUT2D eigenvalue weighted by atomic mass is 19.1. The number of ketones is 1. The Bertz CT molecular complexity index is 3430. The van der Waals surface area contributed by atoms with Gasteiger partial charge in [0.05, 0.1) is 42.5 Å². The van der Waals surface area contributed by atoms with Crippen molar-refractivity contribution in [2.24, 2.45) is 5.73 Å². The summed E-state index contributed by atoms with van der Waals surface area (Å²) in [6.07, 6.45) is 6.11. The number of amides is 1. The maximum absolute atomic E-state index is 13.8. The maximum Gasteiger partial charge on any atom is 0.494 e. The van der Waals surface area contributed by atoms with E-state index in [4.69, 9.17) is 29.5 Å². The van der Waals surface area contributed by atoms with Crippen LogP contribution in [0.4, 0.5) is 8.78 Å². The molecule has 1 aliphatic rings. The quantitative estimate of drug-likeness (QED) is 0.0316. The van der Waals surface area contributed by atoms with E-state index in [0.717, 1.165) is 34.3 Å². The number of hydrogen-bond acceptors (Lipinski definition) is 14. The average molecular weight is 1190 g/mol. The first-order valence-corrected chi connectivity index (χ1v) is 28.9. The molecule has 0 bridgehead atoms. The molecule has 0 radical (unpaired) electrons. The molecule has 16 nitrogen and oxygen atoms in total. The van der Waals surface area contributed by atoms with Crippen molar-refractivity contribution in [2.45, 2.75) is 128 Å². The number of rotatable bonds is 20. The predicted molar refractivity (Wildman–Crippen MR) is 330 cm³/mol. The van der Waals surface area contributed by atoms with E-state index in [1.165, 1.54) is 36.4 Å². The molecular formula is C68H75BF2N6O10. The Kier molecular flexibility index (Phi) is 24.0. The maximum atomic E-state index is 13.8. The molecule has 1 fully saturated rings. The fourth-order valence-electron chi connectivity index (χ4n) is 9.53. The second kappa shape index (κ2) is 31.7. The molecule has 1 unspecified atom stereocenters. The Balaban J connectivity index is 0.000000196. The summed E-state index contributed by atoms with van der Waals surface area (Å²) in [5.74, 6) is -1.51. The Morgan fingerprint density at radius 3 is 1.78 bits per heavy atom. The van der Waals surface area contributed by atoms with Crippen LogP contribution < -0.4 is 16.5 Å². The number of nitrogens with two attached hydrogens (primary N) is 1. The Labute approximate surface area is 507 Å². The number of Topliss-reactive ketones (excluding diaryl/α,β-unsaturated/α-hetero) is 1. The lowest BCUT2D eigenvalue weighted by Gasteiger charge is -2.34. The average Bonchev–Trinajstić information content (AvgIpc) is 1.87. The highest BCUT2D eigenvalue weighted by Gasteiger charge is 2.37. The molecule has 19 heteroatoms. The minimum Gasteiger partial charge on any atom is -0.460 e. The lowest BCUT2D eigenvalue weighted by Crippen LogP contribution is -2.49. The van der Waals surface area contributed by atoms with Crippen molar-refractivity contribution < 1.29 is 57.0 Å². The van der Waals surface area contributed by atoms with Crippen LogP contribution in [-0.2, 0) is 34.9 Å². The van der Waals surface area contributed by atoms with E-state index in [2.05, 4.69) is 15.3 Å². The van der Waals surface area contributed by atoms with Crippen LogP contribution in [0.5, 0.6) is 0 Å². The van der Waals surface area contributed by atoms with Gasteiger partial charge in [0.25, 0.3) is 5.91 Å². The molecule has 5 N–H and O–H groups in total. The zero-order chi connectivity index (χ0) is 62.5. The largest absolute Gasteiger partial charge is 0.494 e. The van der Waals surface area contributed by atoms with Crippen LogP contribution in [0.25, 0.3) is 33.9 Å². The number of esters is 2. The smallest absolute Gasteiger partial charge is 0.460 e. The number of aliphatic hydroxyl groups excluding tert-OH is 2. The molecule has 8 aromatic rings. The first-order valence-electron chi connectivity index (χ1n) is 28.9. The summed E-state index contributed by atoms with van der Waals surface area (Å²) < 4.78 is 51.6. The molecule has 0 aliphatic carbocycles. The van der Waals surface area contributed by atoms with Gasteiger partial charge in [-0.3, -0.25) is 29.1 Å². The number of benzene rings is 5. The monoisotopic (exact) mass is 1180 g/mol. The van der Waals surface area contributed by atoms with Crippen LogP contribution >= 0.6 is 0 Å². The Morgan fingerprint density at radius 1 is 0.655 bits per heavy atom. The Hall–Kier alpha value is -8.59. The van der Waals surface area contributed by atoms with Gasteiger partial charge in [-0.15, -0.1) is 0 Å². The van der Waals surface area contributed by atoms with E-state index < -0.39 is 48.4 Å². The van der Waals surface area contributed by atoms with Crippen LogP contribution in [0, 0.1) is 11.6 Å². The van der Waals surface area contributed by atoms with Gasteiger partial charge in [-0.05, 0) is 170 Å². The summed E-state index contributed by atoms with van der Waals surface area (Å²) in [6, 6.07) is 45.8. The number of hydrogen-bond donors (Lipinski definition) is 4. The fraction of sp³-hybridized carbons (Fsp3) is 0.309. The van der Waals surface area contributed by atoms with Crippen LogP contribution in [-0.4, -0.2) is 103 Å². The highest BCUT2D eigenvalue weighted by Crippen LogP contribution is 2.37. The SMILES string of the molecule is CC(C)(C)OC(=O)C[C@H](O)C[C@H](O)CCn1c(-c2ccccc2)nc(-c2ccncc2)c1-c1ccc(F)cc1.CC(C)(C)OC(=O)C[C@H]1C[C@@H](CCN)OB(c2ccccc2)O1.O=C(NC(C(=O)c1ccc(F)cc1)c1ccncc1)c1ccccc1. The van der Waals surface area contributed by atoms with Crippen LogP contribution in [0.3, 0.4) is 0 Å². The van der Waals surface area contributed by atoms with Gasteiger partial charge in [-0.1, -0.05) is 78.9 Å². The van der Waals surface area contributed by atoms with Crippen molar-refractivity contribution in [3.8, 4) is 33.9 Å². The molecule has 454 valence electrons. The van der Waals surface area contributed by atoms with Gasteiger partial charge in [-0.2, -0.15) is 0 Å². The van der Waals surface area contributed by atoms with Crippen LogP contribution in [0.15, 0.2) is 189 Å². The van der Waals surface area contributed by atoms with Crippen molar-refractivity contribution in [1.82, 2.24) is 24.8 Å². The number of nitrogens with zero attached hydrogens (tertiary/aromatic N) is 4. The third-order valence-corrected chi connectivity index (χ3v) is 13.4. The molecule has 4 heterocycles. The van der Waals surface area contributed by atoms with Gasteiger partial charge in [-0.25, -0.2) is 13.8 Å². The number of aromatic nitrogens is 4. The lowest BCUT2D eigenvalue weighted by molar-refractivity contribution is -0.158. The van der Waals surface area contributed by atoms with Gasteiger partial charge in [0, 0.05) is 65.3 Å². The molecule has 1 aliphatic heterocycles. The van der Waals surface area contributed by atoms with E-state index in [1.54, 1.807) is 100 Å². The van der Waals surface area contributed by atoms with Gasteiger partial charge >= 0.3 is 19.1 Å². The molecule has 3 aromatic heterocycles. The summed E-state index contributed by atoms with van der Waals surface area (Å²) in [5, 5.41) is 24.0. The minimum absolute atomic E-state index is 0.00797. The first-order chi connectivity index (χ1) is 41.6. The van der Waals surface area contributed by atoms with E-state index in [-0.39, 0.29) is 54.9 Å². The van der Waals surface area contributed by atoms with Crippen molar-refractivity contribution >= 4 is 36.2 Å². The number of carbonyl (C=O) groups excluding carboxylic acids is 4. The van der Waals surface area contributed by atoms with Crippen molar-refractivity contribution in [2.75, 3.05) is 6.54 Å². The van der Waals surface area contributed by atoms with Crippen molar-refractivity contribution in [3.63, 3.8) is 0 Å². The zero-order valence-electron chi connectivity index (χ0n) is 49.8. The number of halogens is 2. The van der Waals surface area contributed by atoms with E-state index in [0.29, 0.717) is 54.1 Å². The number of carbonyl (C=O) groups is 4. The number of ether oxygens (including phenoxy) is 2. The first kappa shape index (κ1) is 65.9. The number of nitrogens with one attached hydrogen (secondary N) is 1. The molecule has 87 heavy (non-hydrogen) atoms. The standard InChI is InChI=1S/C31H34FN3O4.C20H15FN2O2.C17H26BNO4/c1-31(2,3)39-27(38)20-26(37)19-25(36)15-18-35-29(22-9-11-24(32)12-10-22)28(21-13-16-33-17-14-21)34-30(35)23-7-5-4-6-8-23;21-17-8-6-15(7-9-17)19(24)18(14-10-12-22-13-11-14)23-20(25)16-4-2-1-3-5-16;1-17(2,3)21-16(20)12-15-11-14(9-10-19)22-18(23-15)13-7-5-4-6-8-13/h4-14,16-17,25-26,36-37H,15,18-20H2,1-3H3;1-13,18H,(H,23,25);4-8,14-15H,9-12,19H2,1-3H3/t25-,26-;;14-,15-/m1.1/s1. The topological polar surface area (TPSA) is 227 Å². The van der Waals surface area contributed by atoms with Crippen LogP contribution in [0.2, 0.25) is 0 Å². The van der Waals surface area contributed by atoms with Crippen LogP contribution in [0.1, 0.15) is 112 Å². The second-order valence-electron chi connectivity index (χ2n) is 22.8. The number of aliphatic hydroxyl groups is 2. The van der Waals surface area contributed by atoms with E-state index in [1.807, 2.05) is 98.1 Å². The van der Waals surface area contributed by atoms with Gasteiger partial charge in [0.15, 0.2) is 5.78 Å². The molecule has 0 spiro atoms. The normalized spacial score (nSPS) is 15.0. The van der Waals surface area contributed by atoms with Gasteiger partial charge in [0.1, 0.15) is 34.7 Å². The third-order valence-electron chi connectivity index (χ3n) is 13.4. The molecular weight excluding hydrogens is 1110 g/mol. The lowest BCUT2D eigenvalue weighted by atomic mass is 9.76. The summed E-state index contributed by atoms with van der Waals surface area (Å²) in [7, 11) is -0.464. The minimum atomic E-state index is -1.03. The van der Waals surface area contributed by atoms with Crippen molar-refractivity contribution in [3.05, 3.63) is 217 Å². The van der Waals surface area contributed by atoms with E-state index in [9.17, 15) is 38.2 Å². The zero-order valence-corrected chi connectivity index (χ0v) is 49.8. The molecule has 5 atom stereocenters. The molecule has 0 saturated carbocycles. The Morgan fingerprint density at radius 2 is 1.20 bits per heavy atom. The number of pyridine rings is 2.